The molecule has 122 valence electrons. The monoisotopic (exact) mass is 333 g/mol. The summed E-state index contributed by atoms with van der Waals surface area (Å²) >= 11 is 5.90. The lowest BCUT2D eigenvalue weighted by atomic mass is 10.2. The summed E-state index contributed by atoms with van der Waals surface area (Å²) in [7, 11) is 0. The first-order valence-corrected chi connectivity index (χ1v) is 7.81. The third-order valence-electron chi connectivity index (χ3n) is 2.97. The van der Waals surface area contributed by atoms with E-state index in [4.69, 9.17) is 21.1 Å². The standard InChI is InChI=1S/C18H20ClNO3/c1-12(2)22-16-9-7-15(8-10-16)20-18(21)13(3)23-17-6-4-5-14(19)11-17/h4-13H,1-3H3,(H,20,21)/t13-/m0/s1. The zero-order valence-corrected chi connectivity index (χ0v) is 14.1. The molecule has 0 aliphatic carbocycles. The lowest BCUT2D eigenvalue weighted by Gasteiger charge is -2.15. The minimum absolute atomic E-state index is 0.113. The second-order valence-corrected chi connectivity index (χ2v) is 5.83. The number of anilines is 1. The highest BCUT2D eigenvalue weighted by Crippen LogP contribution is 2.20. The number of benzene rings is 2. The third-order valence-corrected chi connectivity index (χ3v) is 3.21. The van der Waals surface area contributed by atoms with E-state index >= 15 is 0 Å². The van der Waals surface area contributed by atoms with Crippen molar-refractivity contribution < 1.29 is 14.3 Å². The van der Waals surface area contributed by atoms with Gasteiger partial charge in [-0.3, -0.25) is 4.79 Å². The van der Waals surface area contributed by atoms with Crippen molar-refractivity contribution in [2.75, 3.05) is 5.32 Å². The van der Waals surface area contributed by atoms with Crippen molar-refractivity contribution in [2.24, 2.45) is 0 Å². The summed E-state index contributed by atoms with van der Waals surface area (Å²) in [6.45, 7) is 5.61. The van der Waals surface area contributed by atoms with Gasteiger partial charge in [-0.25, -0.2) is 0 Å². The van der Waals surface area contributed by atoms with Gasteiger partial charge in [-0.05, 0) is 63.2 Å². The van der Waals surface area contributed by atoms with Crippen LogP contribution in [0.25, 0.3) is 0 Å². The normalized spacial score (nSPS) is 11.9. The first-order valence-electron chi connectivity index (χ1n) is 7.44. The van der Waals surface area contributed by atoms with E-state index in [0.717, 1.165) is 5.75 Å². The molecule has 4 nitrogen and oxygen atoms in total. The van der Waals surface area contributed by atoms with Crippen molar-refractivity contribution in [2.45, 2.75) is 33.0 Å². The van der Waals surface area contributed by atoms with Gasteiger partial charge in [-0.1, -0.05) is 17.7 Å². The topological polar surface area (TPSA) is 47.6 Å². The Bertz CT molecular complexity index is 656. The van der Waals surface area contributed by atoms with Crippen LogP contribution in [0.4, 0.5) is 5.69 Å². The molecule has 0 spiro atoms. The maximum absolute atomic E-state index is 12.2. The van der Waals surface area contributed by atoms with Gasteiger partial charge in [0.1, 0.15) is 11.5 Å². The Morgan fingerprint density at radius 3 is 2.30 bits per heavy atom. The second kappa shape index (κ2) is 7.88. The predicted molar refractivity (Wildman–Crippen MR) is 92.4 cm³/mol. The number of halogens is 1. The molecule has 1 atom stereocenters. The van der Waals surface area contributed by atoms with Crippen molar-refractivity contribution in [3.63, 3.8) is 0 Å². The molecule has 0 saturated heterocycles. The van der Waals surface area contributed by atoms with Crippen molar-refractivity contribution >= 4 is 23.2 Å². The summed E-state index contributed by atoms with van der Waals surface area (Å²) in [5, 5.41) is 3.37. The maximum atomic E-state index is 12.2. The van der Waals surface area contributed by atoms with Crippen LogP contribution in [-0.4, -0.2) is 18.1 Å². The largest absolute Gasteiger partial charge is 0.491 e. The van der Waals surface area contributed by atoms with Crippen molar-refractivity contribution in [3.05, 3.63) is 53.6 Å². The average Bonchev–Trinajstić information content (AvgIpc) is 2.48. The lowest BCUT2D eigenvalue weighted by Crippen LogP contribution is -2.30. The molecule has 2 aromatic rings. The summed E-state index contributed by atoms with van der Waals surface area (Å²) in [5.41, 5.74) is 0.688. The molecule has 0 aliphatic heterocycles. The zero-order valence-electron chi connectivity index (χ0n) is 13.4. The number of ether oxygens (including phenoxy) is 2. The summed E-state index contributed by atoms with van der Waals surface area (Å²) in [6, 6.07) is 14.2. The summed E-state index contributed by atoms with van der Waals surface area (Å²) in [5.74, 6) is 1.09. The van der Waals surface area contributed by atoms with Crippen molar-refractivity contribution in [1.29, 1.82) is 0 Å². The molecule has 1 N–H and O–H groups in total. The van der Waals surface area contributed by atoms with Gasteiger partial charge in [-0.2, -0.15) is 0 Å². The fourth-order valence-electron chi connectivity index (χ4n) is 1.93. The Labute approximate surface area is 141 Å². The van der Waals surface area contributed by atoms with Gasteiger partial charge in [-0.15, -0.1) is 0 Å². The van der Waals surface area contributed by atoms with E-state index in [2.05, 4.69) is 5.32 Å². The predicted octanol–water partition coefficient (Wildman–Crippen LogP) is 4.53. The molecule has 0 unspecified atom stereocenters. The Morgan fingerprint density at radius 1 is 1.00 bits per heavy atom. The zero-order chi connectivity index (χ0) is 16.8. The van der Waals surface area contributed by atoms with Crippen LogP contribution in [0, 0.1) is 0 Å². The average molecular weight is 334 g/mol. The summed E-state index contributed by atoms with van der Waals surface area (Å²) in [4.78, 5) is 12.2. The lowest BCUT2D eigenvalue weighted by molar-refractivity contribution is -0.122. The van der Waals surface area contributed by atoms with E-state index in [9.17, 15) is 4.79 Å². The fraction of sp³-hybridized carbons (Fsp3) is 0.278. The maximum Gasteiger partial charge on any atom is 0.265 e. The molecule has 2 rings (SSSR count). The number of carbonyl (C=O) groups is 1. The van der Waals surface area contributed by atoms with Crippen LogP contribution in [0.1, 0.15) is 20.8 Å². The van der Waals surface area contributed by atoms with Crippen LogP contribution in [-0.2, 0) is 4.79 Å². The van der Waals surface area contributed by atoms with E-state index in [1.165, 1.54) is 0 Å². The highest BCUT2D eigenvalue weighted by molar-refractivity contribution is 6.30. The molecule has 0 aromatic heterocycles. The highest BCUT2D eigenvalue weighted by Gasteiger charge is 2.15. The number of hydrogen-bond acceptors (Lipinski definition) is 3. The second-order valence-electron chi connectivity index (χ2n) is 5.40. The van der Waals surface area contributed by atoms with Crippen LogP contribution >= 0.6 is 11.6 Å². The molecular formula is C18H20ClNO3. The quantitative estimate of drug-likeness (QED) is 0.844. The molecule has 0 radical (unpaired) electrons. The molecule has 1 amide bonds. The number of amides is 1. The Morgan fingerprint density at radius 2 is 1.70 bits per heavy atom. The highest BCUT2D eigenvalue weighted by atomic mass is 35.5. The van der Waals surface area contributed by atoms with E-state index < -0.39 is 6.10 Å². The number of nitrogens with one attached hydrogen (secondary N) is 1. The SMILES string of the molecule is CC(C)Oc1ccc(NC(=O)[C@H](C)Oc2cccc(Cl)c2)cc1. The molecule has 23 heavy (non-hydrogen) atoms. The first kappa shape index (κ1) is 17.2. The number of carbonyl (C=O) groups excluding carboxylic acids is 1. The van der Waals surface area contributed by atoms with Gasteiger partial charge < -0.3 is 14.8 Å². The van der Waals surface area contributed by atoms with Gasteiger partial charge in [0, 0.05) is 10.7 Å². The molecule has 0 heterocycles. The minimum atomic E-state index is -0.639. The molecule has 5 heteroatoms. The van der Waals surface area contributed by atoms with Gasteiger partial charge >= 0.3 is 0 Å². The van der Waals surface area contributed by atoms with E-state index in [-0.39, 0.29) is 12.0 Å². The Balaban J connectivity index is 1.92. The molecule has 0 aliphatic rings. The third kappa shape index (κ3) is 5.49. The Hall–Kier alpha value is -2.20. The van der Waals surface area contributed by atoms with Crippen LogP contribution < -0.4 is 14.8 Å². The van der Waals surface area contributed by atoms with Crippen molar-refractivity contribution in [3.8, 4) is 11.5 Å². The van der Waals surface area contributed by atoms with Gasteiger partial charge in [0.15, 0.2) is 6.10 Å². The molecular weight excluding hydrogens is 314 g/mol. The molecule has 0 bridgehead atoms. The van der Waals surface area contributed by atoms with Crippen molar-refractivity contribution in [1.82, 2.24) is 0 Å². The first-order chi connectivity index (χ1) is 10.9. The van der Waals surface area contributed by atoms with E-state index in [1.807, 2.05) is 26.0 Å². The van der Waals surface area contributed by atoms with Crippen LogP contribution in [0.15, 0.2) is 48.5 Å². The van der Waals surface area contributed by atoms with Gasteiger partial charge in [0.25, 0.3) is 5.91 Å². The molecule has 2 aromatic carbocycles. The van der Waals surface area contributed by atoms with Gasteiger partial charge in [0.05, 0.1) is 6.10 Å². The minimum Gasteiger partial charge on any atom is -0.491 e. The molecule has 0 saturated carbocycles. The Kier molecular flexibility index (Phi) is 5.88. The fourth-order valence-corrected chi connectivity index (χ4v) is 2.11. The molecule has 0 fully saturated rings. The van der Waals surface area contributed by atoms with Gasteiger partial charge in [0.2, 0.25) is 0 Å². The number of hydrogen-bond donors (Lipinski definition) is 1. The smallest absolute Gasteiger partial charge is 0.265 e. The van der Waals surface area contributed by atoms with E-state index in [0.29, 0.717) is 16.5 Å². The summed E-state index contributed by atoms with van der Waals surface area (Å²) in [6.07, 6.45) is -0.526. The van der Waals surface area contributed by atoms with Crippen LogP contribution in [0.5, 0.6) is 11.5 Å². The summed E-state index contributed by atoms with van der Waals surface area (Å²) < 4.78 is 11.1. The van der Waals surface area contributed by atoms with E-state index in [1.54, 1.807) is 43.3 Å². The van der Waals surface area contributed by atoms with Crippen LogP contribution in [0.3, 0.4) is 0 Å². The number of rotatable bonds is 6. The van der Waals surface area contributed by atoms with Crippen LogP contribution in [0.2, 0.25) is 5.02 Å².